The molecule has 0 aromatic heterocycles. The first-order valence-corrected chi connectivity index (χ1v) is 6.05. The fourth-order valence-corrected chi connectivity index (χ4v) is 2.00. The molecule has 0 unspecified atom stereocenters. The normalized spacial score (nSPS) is 9.94. The third kappa shape index (κ3) is 3.85. The van der Waals surface area contributed by atoms with Gasteiger partial charge in [0.1, 0.15) is 5.75 Å². The van der Waals surface area contributed by atoms with Crippen molar-refractivity contribution in [1.29, 1.82) is 0 Å². The molecule has 0 saturated carbocycles. The Morgan fingerprint density at radius 3 is 2.81 bits per heavy atom. The Kier molecular flexibility index (Phi) is 5.32. The summed E-state index contributed by atoms with van der Waals surface area (Å²) in [6.45, 7) is 2.60. The minimum absolute atomic E-state index is 0.0921. The number of halogens is 1. The smallest absolute Gasteiger partial charge is 0.220 e. The summed E-state index contributed by atoms with van der Waals surface area (Å²) in [5.41, 5.74) is 1.12. The standard InChI is InChI=1S/C12H16BrNO2/c1-3-14-12(15)7-5-9-4-6-11(16-2)10(13)8-9/h4,6,8H,3,5,7H2,1-2H3,(H,14,15). The van der Waals surface area contributed by atoms with Crippen LogP contribution < -0.4 is 10.1 Å². The molecule has 16 heavy (non-hydrogen) atoms. The highest BCUT2D eigenvalue weighted by Gasteiger charge is 2.04. The second kappa shape index (κ2) is 6.53. The van der Waals surface area contributed by atoms with Crippen LogP contribution in [-0.4, -0.2) is 19.6 Å². The van der Waals surface area contributed by atoms with Gasteiger partial charge in [-0.25, -0.2) is 0 Å². The van der Waals surface area contributed by atoms with Gasteiger partial charge in [0, 0.05) is 13.0 Å². The molecule has 0 heterocycles. The SMILES string of the molecule is CCNC(=O)CCc1ccc(OC)c(Br)c1. The first kappa shape index (κ1) is 13.0. The van der Waals surface area contributed by atoms with Crippen molar-refractivity contribution in [3.05, 3.63) is 28.2 Å². The molecule has 0 bridgehead atoms. The molecule has 88 valence electrons. The Hall–Kier alpha value is -1.03. The molecule has 0 atom stereocenters. The summed E-state index contributed by atoms with van der Waals surface area (Å²) in [7, 11) is 1.63. The summed E-state index contributed by atoms with van der Waals surface area (Å²) in [5, 5.41) is 2.78. The van der Waals surface area contributed by atoms with E-state index in [-0.39, 0.29) is 5.91 Å². The van der Waals surface area contributed by atoms with Gasteiger partial charge in [-0.2, -0.15) is 0 Å². The average Bonchev–Trinajstić information content (AvgIpc) is 2.27. The van der Waals surface area contributed by atoms with Crippen LogP contribution in [0.5, 0.6) is 5.75 Å². The fraction of sp³-hybridized carbons (Fsp3) is 0.417. The molecule has 0 aliphatic heterocycles. The Balaban J connectivity index is 2.55. The van der Waals surface area contributed by atoms with Crippen molar-refractivity contribution in [2.24, 2.45) is 0 Å². The van der Waals surface area contributed by atoms with Crippen LogP contribution in [0.4, 0.5) is 0 Å². The number of carbonyl (C=O) groups excluding carboxylic acids is 1. The van der Waals surface area contributed by atoms with E-state index in [1.807, 2.05) is 25.1 Å². The van der Waals surface area contributed by atoms with Crippen LogP contribution in [0.1, 0.15) is 18.9 Å². The summed E-state index contributed by atoms with van der Waals surface area (Å²) < 4.78 is 6.06. The lowest BCUT2D eigenvalue weighted by Crippen LogP contribution is -2.22. The number of benzene rings is 1. The van der Waals surface area contributed by atoms with Gasteiger partial charge in [-0.3, -0.25) is 4.79 Å². The minimum Gasteiger partial charge on any atom is -0.496 e. The molecule has 1 aromatic carbocycles. The molecular weight excluding hydrogens is 270 g/mol. The first-order chi connectivity index (χ1) is 7.67. The Morgan fingerprint density at radius 1 is 1.50 bits per heavy atom. The van der Waals surface area contributed by atoms with Crippen molar-refractivity contribution in [1.82, 2.24) is 5.32 Å². The molecule has 1 rings (SSSR count). The van der Waals surface area contributed by atoms with E-state index in [0.29, 0.717) is 13.0 Å². The predicted octanol–water partition coefficient (Wildman–Crippen LogP) is 2.53. The van der Waals surface area contributed by atoms with Crippen molar-refractivity contribution in [3.63, 3.8) is 0 Å². The number of rotatable bonds is 5. The first-order valence-electron chi connectivity index (χ1n) is 5.26. The maximum atomic E-state index is 11.3. The van der Waals surface area contributed by atoms with E-state index >= 15 is 0 Å². The van der Waals surface area contributed by atoms with Crippen LogP contribution in [0, 0.1) is 0 Å². The number of amides is 1. The van der Waals surface area contributed by atoms with Crippen LogP contribution in [-0.2, 0) is 11.2 Å². The van der Waals surface area contributed by atoms with Gasteiger partial charge in [-0.1, -0.05) is 6.07 Å². The third-order valence-electron chi connectivity index (χ3n) is 2.23. The van der Waals surface area contributed by atoms with E-state index in [0.717, 1.165) is 22.2 Å². The van der Waals surface area contributed by atoms with Gasteiger partial charge >= 0.3 is 0 Å². The second-order valence-electron chi connectivity index (χ2n) is 3.42. The van der Waals surface area contributed by atoms with E-state index < -0.39 is 0 Å². The third-order valence-corrected chi connectivity index (χ3v) is 2.85. The molecule has 0 saturated heterocycles. The van der Waals surface area contributed by atoms with Crippen molar-refractivity contribution in [2.45, 2.75) is 19.8 Å². The molecule has 0 radical (unpaired) electrons. The maximum Gasteiger partial charge on any atom is 0.220 e. The highest BCUT2D eigenvalue weighted by molar-refractivity contribution is 9.10. The largest absolute Gasteiger partial charge is 0.496 e. The van der Waals surface area contributed by atoms with Gasteiger partial charge in [0.25, 0.3) is 0 Å². The van der Waals surface area contributed by atoms with Crippen LogP contribution in [0.3, 0.4) is 0 Å². The average molecular weight is 286 g/mol. The fourth-order valence-electron chi connectivity index (χ4n) is 1.41. The molecule has 1 N–H and O–H groups in total. The number of aryl methyl sites for hydroxylation is 1. The Labute approximate surface area is 104 Å². The summed E-state index contributed by atoms with van der Waals surface area (Å²) in [6.07, 6.45) is 1.26. The number of nitrogens with one attached hydrogen (secondary N) is 1. The molecule has 1 amide bonds. The van der Waals surface area contributed by atoms with Gasteiger partial charge < -0.3 is 10.1 Å². The van der Waals surface area contributed by atoms with E-state index in [4.69, 9.17) is 4.74 Å². The number of ether oxygens (including phenoxy) is 1. The van der Waals surface area contributed by atoms with Crippen LogP contribution in [0.15, 0.2) is 22.7 Å². The van der Waals surface area contributed by atoms with Gasteiger partial charge in [0.2, 0.25) is 5.91 Å². The van der Waals surface area contributed by atoms with Gasteiger partial charge in [-0.05, 0) is 47.0 Å². The molecule has 4 heteroatoms. The van der Waals surface area contributed by atoms with Crippen molar-refractivity contribution in [3.8, 4) is 5.75 Å². The van der Waals surface area contributed by atoms with Gasteiger partial charge in [0.15, 0.2) is 0 Å². The molecular formula is C12H16BrNO2. The van der Waals surface area contributed by atoms with Crippen LogP contribution in [0.25, 0.3) is 0 Å². The van der Waals surface area contributed by atoms with Crippen molar-refractivity contribution in [2.75, 3.05) is 13.7 Å². The number of carbonyl (C=O) groups is 1. The summed E-state index contributed by atoms with van der Waals surface area (Å²) in [6, 6.07) is 5.86. The highest BCUT2D eigenvalue weighted by Crippen LogP contribution is 2.25. The lowest BCUT2D eigenvalue weighted by atomic mass is 10.1. The van der Waals surface area contributed by atoms with Crippen LogP contribution >= 0.6 is 15.9 Å². The van der Waals surface area contributed by atoms with Crippen LogP contribution in [0.2, 0.25) is 0 Å². The monoisotopic (exact) mass is 285 g/mol. The topological polar surface area (TPSA) is 38.3 Å². The molecule has 0 fully saturated rings. The number of methoxy groups -OCH3 is 1. The molecule has 0 spiro atoms. The second-order valence-corrected chi connectivity index (χ2v) is 4.28. The summed E-state index contributed by atoms with van der Waals surface area (Å²) in [5.74, 6) is 0.899. The zero-order valence-corrected chi connectivity index (χ0v) is 11.1. The summed E-state index contributed by atoms with van der Waals surface area (Å²) >= 11 is 3.42. The number of hydrogen-bond acceptors (Lipinski definition) is 2. The lowest BCUT2D eigenvalue weighted by molar-refractivity contribution is -0.120. The minimum atomic E-state index is 0.0921. The Morgan fingerprint density at radius 2 is 2.25 bits per heavy atom. The van der Waals surface area contributed by atoms with Gasteiger partial charge in [-0.15, -0.1) is 0 Å². The van der Waals surface area contributed by atoms with E-state index in [1.54, 1.807) is 7.11 Å². The molecule has 0 aliphatic rings. The molecule has 1 aromatic rings. The van der Waals surface area contributed by atoms with E-state index in [9.17, 15) is 4.79 Å². The Bertz CT molecular complexity index is 366. The van der Waals surface area contributed by atoms with Crippen molar-refractivity contribution < 1.29 is 9.53 Å². The zero-order chi connectivity index (χ0) is 12.0. The highest BCUT2D eigenvalue weighted by atomic mass is 79.9. The molecule has 0 aliphatic carbocycles. The van der Waals surface area contributed by atoms with E-state index in [1.165, 1.54) is 0 Å². The van der Waals surface area contributed by atoms with E-state index in [2.05, 4.69) is 21.2 Å². The van der Waals surface area contributed by atoms with Gasteiger partial charge in [0.05, 0.1) is 11.6 Å². The zero-order valence-electron chi connectivity index (χ0n) is 9.55. The number of hydrogen-bond donors (Lipinski definition) is 1. The lowest BCUT2D eigenvalue weighted by Gasteiger charge is -2.06. The van der Waals surface area contributed by atoms with Crippen molar-refractivity contribution >= 4 is 21.8 Å². The molecule has 3 nitrogen and oxygen atoms in total. The maximum absolute atomic E-state index is 11.3. The summed E-state index contributed by atoms with van der Waals surface area (Å²) in [4.78, 5) is 11.3. The predicted molar refractivity (Wildman–Crippen MR) is 67.7 cm³/mol. The quantitative estimate of drug-likeness (QED) is 0.903.